The molecule has 1 saturated heterocycles. The first-order valence-corrected chi connectivity index (χ1v) is 10.4. The summed E-state index contributed by atoms with van der Waals surface area (Å²) in [7, 11) is 0. The maximum atomic E-state index is 14.2. The molecule has 4 aromatic rings. The number of nitrogen functional groups attached to an aromatic ring is 2. The lowest BCUT2D eigenvalue weighted by atomic mass is 9.92. The van der Waals surface area contributed by atoms with Crippen molar-refractivity contribution in [2.75, 3.05) is 18.0 Å². The molecule has 0 unspecified atom stereocenters. The average molecular weight is 453 g/mol. The molecular formula is C21H21F2N9O. The van der Waals surface area contributed by atoms with Crippen LogP contribution in [0.5, 0.6) is 0 Å². The fourth-order valence-electron chi connectivity index (χ4n) is 4.30. The molecule has 1 aliphatic heterocycles. The van der Waals surface area contributed by atoms with Gasteiger partial charge in [0.1, 0.15) is 17.0 Å². The predicted octanol–water partition coefficient (Wildman–Crippen LogP) is 2.23. The lowest BCUT2D eigenvalue weighted by Gasteiger charge is -2.36. The minimum atomic E-state index is -0.827. The van der Waals surface area contributed by atoms with E-state index in [1.165, 1.54) is 4.52 Å². The number of rotatable bonds is 2. The van der Waals surface area contributed by atoms with Crippen LogP contribution in [0.2, 0.25) is 0 Å². The summed E-state index contributed by atoms with van der Waals surface area (Å²) in [5.41, 5.74) is 12.6. The van der Waals surface area contributed by atoms with Crippen molar-refractivity contribution in [3.63, 3.8) is 0 Å². The zero-order valence-electron chi connectivity index (χ0n) is 18.0. The summed E-state index contributed by atoms with van der Waals surface area (Å²) in [4.78, 5) is 31.6. The number of likely N-dealkylation sites (tertiary alicyclic amines) is 1. The number of nitrogens with two attached hydrogens (primary N) is 2. The molecule has 1 aromatic carbocycles. The Morgan fingerprint density at radius 3 is 2.64 bits per heavy atom. The Morgan fingerprint density at radius 1 is 1.09 bits per heavy atom. The van der Waals surface area contributed by atoms with Crippen molar-refractivity contribution in [2.24, 2.45) is 0 Å². The van der Waals surface area contributed by atoms with E-state index in [4.69, 9.17) is 11.5 Å². The van der Waals surface area contributed by atoms with Crippen LogP contribution in [0.1, 0.15) is 47.7 Å². The molecule has 0 spiro atoms. The molecule has 1 fully saturated rings. The minimum Gasteiger partial charge on any atom is -0.368 e. The van der Waals surface area contributed by atoms with Gasteiger partial charge in [-0.15, -0.1) is 5.10 Å². The molecular weight excluding hydrogens is 432 g/mol. The van der Waals surface area contributed by atoms with Gasteiger partial charge in [0.05, 0.1) is 5.39 Å². The molecule has 3 aromatic heterocycles. The summed E-state index contributed by atoms with van der Waals surface area (Å²) < 4.78 is 29.4. The van der Waals surface area contributed by atoms with Gasteiger partial charge in [-0.25, -0.2) is 28.7 Å². The largest absolute Gasteiger partial charge is 0.368 e. The van der Waals surface area contributed by atoms with E-state index in [0.717, 1.165) is 18.6 Å². The van der Waals surface area contributed by atoms with Gasteiger partial charge in [0, 0.05) is 30.3 Å². The van der Waals surface area contributed by atoms with Crippen molar-refractivity contribution >= 4 is 34.4 Å². The number of anilines is 2. The number of aromatic nitrogens is 6. The second kappa shape index (κ2) is 7.57. The van der Waals surface area contributed by atoms with Gasteiger partial charge in [0.2, 0.25) is 11.9 Å². The van der Waals surface area contributed by atoms with Gasteiger partial charge in [-0.2, -0.15) is 4.52 Å². The van der Waals surface area contributed by atoms with E-state index in [0.29, 0.717) is 24.5 Å². The van der Waals surface area contributed by atoms with Crippen LogP contribution in [0.25, 0.3) is 16.6 Å². The molecule has 0 saturated carbocycles. The lowest BCUT2D eigenvalue weighted by molar-refractivity contribution is 0.0600. The normalized spacial score (nSPS) is 18.8. The van der Waals surface area contributed by atoms with E-state index in [1.54, 1.807) is 17.9 Å². The molecule has 33 heavy (non-hydrogen) atoms. The number of nitrogens with zero attached hydrogens (tertiary/aromatic N) is 7. The van der Waals surface area contributed by atoms with Crippen molar-refractivity contribution in [1.82, 2.24) is 34.4 Å². The van der Waals surface area contributed by atoms with Crippen molar-refractivity contribution in [2.45, 2.75) is 38.6 Å². The summed E-state index contributed by atoms with van der Waals surface area (Å²) in [5.74, 6) is -1.65. The zero-order chi connectivity index (χ0) is 23.4. The highest BCUT2D eigenvalue weighted by atomic mass is 19.1. The molecule has 10 nitrogen and oxygen atoms in total. The first kappa shape index (κ1) is 20.9. The van der Waals surface area contributed by atoms with Crippen molar-refractivity contribution < 1.29 is 13.6 Å². The molecule has 0 radical (unpaired) electrons. The maximum Gasteiger partial charge on any atom is 0.272 e. The standard InChI is InChI=1S/C21H21F2N9O/c1-9-5-15(27-20(24)26-9)19(33)31-8-11(4-3-10(31)2)17-29-18-13-6-12(22)7-14(23)16(13)28-21(25)32(18)30-17/h5-7,10-11H,3-4,8H2,1-2H3,(H2,25,28)(H2,24,26,27)/t10-,11+/m0/s1. The number of carbonyl (C=O) groups is 1. The molecule has 2 atom stereocenters. The van der Waals surface area contributed by atoms with Gasteiger partial charge >= 0.3 is 0 Å². The molecule has 12 heteroatoms. The van der Waals surface area contributed by atoms with E-state index in [-0.39, 0.29) is 52.0 Å². The van der Waals surface area contributed by atoms with Crippen LogP contribution in [0, 0.1) is 18.6 Å². The van der Waals surface area contributed by atoms with Crippen LogP contribution in [0.4, 0.5) is 20.7 Å². The first-order valence-electron chi connectivity index (χ1n) is 10.4. The van der Waals surface area contributed by atoms with Crippen LogP contribution < -0.4 is 11.5 Å². The zero-order valence-corrected chi connectivity index (χ0v) is 18.0. The van der Waals surface area contributed by atoms with Crippen LogP contribution >= 0.6 is 0 Å². The van der Waals surface area contributed by atoms with Crippen molar-refractivity contribution in [3.8, 4) is 0 Å². The highest BCUT2D eigenvalue weighted by Crippen LogP contribution is 2.31. The van der Waals surface area contributed by atoms with E-state index in [2.05, 4.69) is 25.0 Å². The second-order valence-corrected chi connectivity index (χ2v) is 8.29. The summed E-state index contributed by atoms with van der Waals surface area (Å²) in [6, 6.07) is 3.47. The van der Waals surface area contributed by atoms with Gasteiger partial charge in [0.15, 0.2) is 17.3 Å². The second-order valence-electron chi connectivity index (χ2n) is 8.29. The Balaban J connectivity index is 1.52. The number of carbonyl (C=O) groups excluding carboxylic acids is 1. The van der Waals surface area contributed by atoms with Gasteiger partial charge in [-0.3, -0.25) is 4.79 Å². The summed E-state index contributed by atoms with van der Waals surface area (Å²) in [5, 5.41) is 4.63. The number of aryl methyl sites for hydroxylation is 1. The molecule has 0 bridgehead atoms. The minimum absolute atomic E-state index is 0.0296. The topological polar surface area (TPSA) is 141 Å². The van der Waals surface area contributed by atoms with E-state index in [1.807, 2.05) is 6.92 Å². The molecule has 0 aliphatic carbocycles. The van der Waals surface area contributed by atoms with Gasteiger partial charge in [-0.1, -0.05) is 0 Å². The summed E-state index contributed by atoms with van der Waals surface area (Å²) in [6.07, 6.45) is 1.43. The Kier molecular flexibility index (Phi) is 4.80. The third-order valence-corrected chi connectivity index (χ3v) is 5.93. The summed E-state index contributed by atoms with van der Waals surface area (Å²) >= 11 is 0. The number of amides is 1. The van der Waals surface area contributed by atoms with Crippen LogP contribution in [0.3, 0.4) is 0 Å². The van der Waals surface area contributed by atoms with E-state index >= 15 is 0 Å². The fraction of sp³-hybridized carbons (Fsp3) is 0.333. The highest BCUT2D eigenvalue weighted by Gasteiger charge is 2.33. The van der Waals surface area contributed by atoms with E-state index < -0.39 is 11.6 Å². The third kappa shape index (κ3) is 3.56. The van der Waals surface area contributed by atoms with Crippen molar-refractivity contribution in [3.05, 3.63) is 47.0 Å². The van der Waals surface area contributed by atoms with Gasteiger partial charge < -0.3 is 16.4 Å². The molecule has 5 rings (SSSR count). The SMILES string of the molecule is Cc1cc(C(=O)N2C[C@H](c3nc4c5cc(F)cc(F)c5nc(N)n4n3)CC[C@@H]2C)nc(N)n1. The van der Waals surface area contributed by atoms with Gasteiger partial charge in [-0.05, 0) is 38.8 Å². The van der Waals surface area contributed by atoms with Crippen LogP contribution in [-0.4, -0.2) is 52.9 Å². The van der Waals surface area contributed by atoms with E-state index in [9.17, 15) is 13.6 Å². The smallest absolute Gasteiger partial charge is 0.272 e. The summed E-state index contributed by atoms with van der Waals surface area (Å²) in [6.45, 7) is 4.05. The highest BCUT2D eigenvalue weighted by molar-refractivity contribution is 5.93. The molecule has 1 aliphatic rings. The number of hydrogen-bond acceptors (Lipinski definition) is 8. The molecule has 4 heterocycles. The maximum absolute atomic E-state index is 14.2. The Bertz CT molecular complexity index is 1400. The fourth-order valence-corrected chi connectivity index (χ4v) is 4.30. The Labute approximate surface area is 186 Å². The molecule has 1 amide bonds. The Morgan fingerprint density at radius 2 is 1.88 bits per heavy atom. The number of piperidine rings is 1. The quantitative estimate of drug-likeness (QED) is 0.471. The lowest BCUT2D eigenvalue weighted by Crippen LogP contribution is -2.45. The third-order valence-electron chi connectivity index (χ3n) is 5.93. The van der Waals surface area contributed by atoms with Gasteiger partial charge in [0.25, 0.3) is 5.91 Å². The number of fused-ring (bicyclic) bond motifs is 3. The van der Waals surface area contributed by atoms with Crippen LogP contribution in [-0.2, 0) is 0 Å². The number of hydrogen-bond donors (Lipinski definition) is 2. The molecule has 170 valence electrons. The van der Waals surface area contributed by atoms with Crippen molar-refractivity contribution in [1.29, 1.82) is 0 Å². The van der Waals surface area contributed by atoms with Crippen LogP contribution in [0.15, 0.2) is 18.2 Å². The monoisotopic (exact) mass is 453 g/mol. The predicted molar refractivity (Wildman–Crippen MR) is 116 cm³/mol. The molecule has 4 N–H and O–H groups in total. The number of halogens is 2. The first-order chi connectivity index (χ1) is 15.7. The Hall–Kier alpha value is -3.96. The number of benzene rings is 1. The average Bonchev–Trinajstić information content (AvgIpc) is 3.20.